The maximum Gasteiger partial charge on any atom is 0.125 e. The van der Waals surface area contributed by atoms with Crippen molar-refractivity contribution in [2.24, 2.45) is 0 Å². The molecule has 1 unspecified atom stereocenters. The number of phenolic OH excluding ortho intramolecular Hbond substituents is 1. The first-order valence-electron chi connectivity index (χ1n) is 5.24. The molecule has 0 aliphatic carbocycles. The average Bonchev–Trinajstić information content (AvgIpc) is 2.75. The molecule has 2 atom stereocenters. The molecule has 0 radical (unpaired) electrons. The largest absolute Gasteiger partial charge is 0.507 e. The molecule has 1 aliphatic heterocycles. The van der Waals surface area contributed by atoms with E-state index in [0.29, 0.717) is 11.8 Å². The van der Waals surface area contributed by atoms with Crippen molar-refractivity contribution in [1.29, 1.82) is 0 Å². The quantitative estimate of drug-likeness (QED) is 0.728. The number of nitrogens with one attached hydrogen (secondary N) is 1. The molecule has 0 amide bonds. The fourth-order valence-corrected chi connectivity index (χ4v) is 2.16. The lowest BCUT2D eigenvalue weighted by Crippen LogP contribution is -1.98. The Labute approximate surface area is 88.3 Å². The molecule has 2 N–H and O–H groups in total. The lowest BCUT2D eigenvalue weighted by Gasteiger charge is -1.99. The van der Waals surface area contributed by atoms with Gasteiger partial charge in [-0.25, -0.2) is 0 Å². The second kappa shape index (κ2) is 3.00. The molecular formula is C12H14N2O. The first kappa shape index (κ1) is 8.80. The SMILES string of the molecule is CN1C[C@@H]1Cc1c[nH]c2cccc(O)c12. The van der Waals surface area contributed by atoms with Gasteiger partial charge in [-0.3, -0.25) is 0 Å². The van der Waals surface area contributed by atoms with E-state index < -0.39 is 0 Å². The number of H-pyrrole nitrogens is 1. The van der Waals surface area contributed by atoms with Gasteiger partial charge in [-0.1, -0.05) is 6.07 Å². The van der Waals surface area contributed by atoms with Crippen LogP contribution in [0.4, 0.5) is 0 Å². The van der Waals surface area contributed by atoms with Crippen molar-refractivity contribution >= 4 is 10.9 Å². The maximum absolute atomic E-state index is 9.81. The average molecular weight is 202 g/mol. The van der Waals surface area contributed by atoms with Gasteiger partial charge in [0.15, 0.2) is 0 Å². The van der Waals surface area contributed by atoms with Crippen LogP contribution in [-0.2, 0) is 6.42 Å². The Bertz CT molecular complexity index is 503. The Morgan fingerprint density at radius 1 is 1.53 bits per heavy atom. The van der Waals surface area contributed by atoms with Gasteiger partial charge in [0.05, 0.1) is 0 Å². The van der Waals surface area contributed by atoms with Crippen molar-refractivity contribution in [2.45, 2.75) is 12.5 Å². The second-order valence-corrected chi connectivity index (χ2v) is 4.31. The highest BCUT2D eigenvalue weighted by atomic mass is 16.3. The van der Waals surface area contributed by atoms with Crippen LogP contribution in [0.3, 0.4) is 0 Å². The molecule has 15 heavy (non-hydrogen) atoms. The normalized spacial score (nSPS) is 24.6. The molecule has 0 bridgehead atoms. The van der Waals surface area contributed by atoms with Crippen LogP contribution in [0, 0.1) is 0 Å². The summed E-state index contributed by atoms with van der Waals surface area (Å²) in [5.74, 6) is 0.382. The highest BCUT2D eigenvalue weighted by Crippen LogP contribution is 2.30. The van der Waals surface area contributed by atoms with Crippen LogP contribution in [0.5, 0.6) is 5.75 Å². The minimum absolute atomic E-state index is 0.382. The molecule has 0 spiro atoms. The number of aromatic nitrogens is 1. The molecule has 3 rings (SSSR count). The molecule has 1 aromatic heterocycles. The van der Waals surface area contributed by atoms with E-state index >= 15 is 0 Å². The lowest BCUT2D eigenvalue weighted by molar-refractivity contribution is 0.481. The predicted octanol–water partition coefficient (Wildman–Crippen LogP) is 1.73. The first-order valence-corrected chi connectivity index (χ1v) is 5.24. The number of likely N-dealkylation sites (N-methyl/N-ethyl adjacent to an activating group) is 1. The third-order valence-corrected chi connectivity index (χ3v) is 3.21. The van der Waals surface area contributed by atoms with Crippen molar-refractivity contribution in [1.82, 2.24) is 9.88 Å². The summed E-state index contributed by atoms with van der Waals surface area (Å²) in [6.45, 7) is 1.17. The van der Waals surface area contributed by atoms with Crippen LogP contribution in [0.25, 0.3) is 10.9 Å². The molecule has 2 aromatic rings. The number of fused-ring (bicyclic) bond motifs is 1. The third kappa shape index (κ3) is 1.39. The Morgan fingerprint density at radius 2 is 2.33 bits per heavy atom. The van der Waals surface area contributed by atoms with Crippen LogP contribution in [0.15, 0.2) is 24.4 Å². The zero-order valence-electron chi connectivity index (χ0n) is 8.70. The second-order valence-electron chi connectivity index (χ2n) is 4.31. The Hall–Kier alpha value is -1.48. The van der Waals surface area contributed by atoms with Crippen molar-refractivity contribution in [3.8, 4) is 5.75 Å². The summed E-state index contributed by atoms with van der Waals surface area (Å²) in [6.07, 6.45) is 3.03. The molecule has 1 aromatic carbocycles. The monoisotopic (exact) mass is 202 g/mol. The number of hydrogen-bond acceptors (Lipinski definition) is 2. The maximum atomic E-state index is 9.81. The lowest BCUT2D eigenvalue weighted by atomic mass is 10.1. The minimum Gasteiger partial charge on any atom is -0.507 e. The van der Waals surface area contributed by atoms with Crippen LogP contribution in [-0.4, -0.2) is 34.6 Å². The number of aromatic hydroxyl groups is 1. The number of rotatable bonds is 2. The number of hydrogen-bond donors (Lipinski definition) is 2. The molecule has 3 heteroatoms. The van der Waals surface area contributed by atoms with Crippen molar-refractivity contribution < 1.29 is 5.11 Å². The molecule has 1 fully saturated rings. The molecule has 2 heterocycles. The number of aromatic amines is 1. The summed E-state index contributed by atoms with van der Waals surface area (Å²) in [5.41, 5.74) is 2.24. The topological polar surface area (TPSA) is 39.0 Å². The number of phenols is 1. The van der Waals surface area contributed by atoms with Gasteiger partial charge in [0.2, 0.25) is 0 Å². The van der Waals surface area contributed by atoms with E-state index in [2.05, 4.69) is 16.9 Å². The van der Waals surface area contributed by atoms with Gasteiger partial charge >= 0.3 is 0 Å². The highest BCUT2D eigenvalue weighted by molar-refractivity contribution is 5.89. The predicted molar refractivity (Wildman–Crippen MR) is 60.1 cm³/mol. The molecular weight excluding hydrogens is 188 g/mol. The third-order valence-electron chi connectivity index (χ3n) is 3.21. The number of benzene rings is 1. The van der Waals surface area contributed by atoms with Crippen LogP contribution in [0.2, 0.25) is 0 Å². The van der Waals surface area contributed by atoms with Gasteiger partial charge in [0.1, 0.15) is 5.75 Å². The highest BCUT2D eigenvalue weighted by Gasteiger charge is 2.30. The zero-order valence-corrected chi connectivity index (χ0v) is 8.70. The van der Waals surface area contributed by atoms with Crippen molar-refractivity contribution in [2.75, 3.05) is 13.6 Å². The molecule has 1 aliphatic rings. The smallest absolute Gasteiger partial charge is 0.125 e. The van der Waals surface area contributed by atoms with Gasteiger partial charge in [-0.2, -0.15) is 0 Å². The van der Waals surface area contributed by atoms with Gasteiger partial charge in [-0.15, -0.1) is 0 Å². The molecule has 3 nitrogen and oxygen atoms in total. The zero-order chi connectivity index (χ0) is 10.4. The van der Waals surface area contributed by atoms with E-state index in [0.717, 1.165) is 17.3 Å². The van der Waals surface area contributed by atoms with E-state index in [1.54, 1.807) is 6.07 Å². The number of nitrogens with zero attached hydrogens (tertiary/aromatic N) is 1. The van der Waals surface area contributed by atoms with Gasteiger partial charge < -0.3 is 15.0 Å². The Kier molecular flexibility index (Phi) is 1.76. The van der Waals surface area contributed by atoms with Crippen LogP contribution in [0.1, 0.15) is 5.56 Å². The summed E-state index contributed by atoms with van der Waals surface area (Å²) >= 11 is 0. The standard InChI is InChI=1S/C12H14N2O/c1-14-7-9(14)5-8-6-13-10-3-2-4-11(15)12(8)10/h2-4,6,9,13,15H,5,7H2,1H3/t9-,14?/m0/s1. The fraction of sp³-hybridized carbons (Fsp3) is 0.333. The van der Waals surface area contributed by atoms with E-state index in [-0.39, 0.29) is 0 Å². The molecule has 0 saturated carbocycles. The molecule has 1 saturated heterocycles. The van der Waals surface area contributed by atoms with E-state index in [1.165, 1.54) is 12.1 Å². The van der Waals surface area contributed by atoms with E-state index in [9.17, 15) is 5.11 Å². The summed E-state index contributed by atoms with van der Waals surface area (Å²) in [4.78, 5) is 5.50. The van der Waals surface area contributed by atoms with E-state index in [4.69, 9.17) is 0 Å². The summed E-state index contributed by atoms with van der Waals surface area (Å²) in [6, 6.07) is 6.26. The first-order chi connectivity index (χ1) is 7.25. The van der Waals surface area contributed by atoms with Gasteiger partial charge in [0.25, 0.3) is 0 Å². The molecule has 78 valence electrons. The van der Waals surface area contributed by atoms with Crippen LogP contribution < -0.4 is 0 Å². The Morgan fingerprint density at radius 3 is 3.07 bits per heavy atom. The van der Waals surface area contributed by atoms with Crippen molar-refractivity contribution in [3.05, 3.63) is 30.0 Å². The Balaban J connectivity index is 2.03. The summed E-state index contributed by atoms with van der Waals surface area (Å²) < 4.78 is 0. The summed E-state index contributed by atoms with van der Waals surface area (Å²) in [7, 11) is 2.12. The fourth-order valence-electron chi connectivity index (χ4n) is 2.16. The van der Waals surface area contributed by atoms with E-state index in [1.807, 2.05) is 18.3 Å². The van der Waals surface area contributed by atoms with Gasteiger partial charge in [-0.05, 0) is 31.2 Å². The minimum atomic E-state index is 0.382. The summed E-state index contributed by atoms with van der Waals surface area (Å²) in [5, 5.41) is 10.8. The van der Waals surface area contributed by atoms with Crippen molar-refractivity contribution in [3.63, 3.8) is 0 Å². The van der Waals surface area contributed by atoms with Crippen LogP contribution >= 0.6 is 0 Å². The van der Waals surface area contributed by atoms with Gasteiger partial charge in [0, 0.05) is 29.7 Å².